The summed E-state index contributed by atoms with van der Waals surface area (Å²) in [5, 5.41) is 9.28. The molecule has 1 rings (SSSR count). The van der Waals surface area contributed by atoms with Gasteiger partial charge in [-0.2, -0.15) is 5.26 Å². The number of hydrogen-bond donors (Lipinski definition) is 0. The minimum absolute atomic E-state index is 0.146. The monoisotopic (exact) mass is 229 g/mol. The van der Waals surface area contributed by atoms with E-state index < -0.39 is 0 Å². The van der Waals surface area contributed by atoms with E-state index in [4.69, 9.17) is 4.74 Å². The Morgan fingerprint density at radius 2 is 2.06 bits per heavy atom. The van der Waals surface area contributed by atoms with Crippen molar-refractivity contribution in [3.63, 3.8) is 0 Å². The molecule has 0 amide bonds. The van der Waals surface area contributed by atoms with E-state index in [0.29, 0.717) is 11.3 Å². The lowest BCUT2D eigenvalue weighted by Crippen LogP contribution is -2.23. The van der Waals surface area contributed by atoms with E-state index in [1.807, 2.05) is 52.0 Å². The zero-order chi connectivity index (χ0) is 13.1. The Hall–Kier alpha value is -1.75. The Labute approximate surface area is 104 Å². The molecule has 2 nitrogen and oxygen atoms in total. The highest BCUT2D eigenvalue weighted by molar-refractivity contribution is 5.51. The van der Waals surface area contributed by atoms with Crippen molar-refractivity contribution < 1.29 is 4.74 Å². The number of ether oxygens (including phenoxy) is 1. The average molecular weight is 229 g/mol. The van der Waals surface area contributed by atoms with Gasteiger partial charge in [-0.1, -0.05) is 25.1 Å². The lowest BCUT2D eigenvalue weighted by molar-refractivity contribution is 0.130. The maximum Gasteiger partial charge on any atom is 0.138 e. The molecule has 0 aliphatic carbocycles. The number of hydrogen-bond acceptors (Lipinski definition) is 2. The van der Waals surface area contributed by atoms with Crippen LogP contribution in [-0.4, -0.2) is 5.60 Å². The van der Waals surface area contributed by atoms with Gasteiger partial charge in [0.1, 0.15) is 17.4 Å². The van der Waals surface area contributed by atoms with Crippen LogP contribution >= 0.6 is 0 Å². The molecule has 17 heavy (non-hydrogen) atoms. The van der Waals surface area contributed by atoms with Crippen molar-refractivity contribution in [2.45, 2.75) is 39.2 Å². The van der Waals surface area contributed by atoms with Gasteiger partial charge in [0, 0.05) is 5.92 Å². The molecule has 0 saturated carbocycles. The van der Waals surface area contributed by atoms with Crippen LogP contribution in [0.1, 0.15) is 44.7 Å². The molecule has 0 bridgehead atoms. The van der Waals surface area contributed by atoms with E-state index in [1.54, 1.807) is 0 Å². The molecule has 0 aliphatic heterocycles. The van der Waals surface area contributed by atoms with E-state index >= 15 is 0 Å². The molecule has 1 aromatic carbocycles. The van der Waals surface area contributed by atoms with Crippen LogP contribution in [0.4, 0.5) is 0 Å². The van der Waals surface area contributed by atoms with Gasteiger partial charge in [0.2, 0.25) is 0 Å². The van der Waals surface area contributed by atoms with Crippen LogP contribution in [0.5, 0.6) is 5.75 Å². The molecule has 0 aromatic heterocycles. The summed E-state index contributed by atoms with van der Waals surface area (Å²) < 4.78 is 5.80. The lowest BCUT2D eigenvalue weighted by atomic mass is 9.95. The maximum atomic E-state index is 9.28. The zero-order valence-corrected chi connectivity index (χ0v) is 10.9. The topological polar surface area (TPSA) is 33.0 Å². The van der Waals surface area contributed by atoms with E-state index in [1.165, 1.54) is 0 Å². The number of nitriles is 1. The van der Waals surface area contributed by atoms with Gasteiger partial charge in [0.15, 0.2) is 0 Å². The second-order valence-corrected chi connectivity index (χ2v) is 5.07. The first-order valence-corrected chi connectivity index (χ1v) is 5.73. The van der Waals surface area contributed by atoms with Crippen molar-refractivity contribution in [1.82, 2.24) is 0 Å². The smallest absolute Gasteiger partial charge is 0.138 e. The minimum atomic E-state index is -0.304. The van der Waals surface area contributed by atoms with Gasteiger partial charge in [0.25, 0.3) is 0 Å². The van der Waals surface area contributed by atoms with Gasteiger partial charge in [-0.3, -0.25) is 0 Å². The molecule has 1 aromatic rings. The molecule has 0 aliphatic rings. The maximum absolute atomic E-state index is 9.28. The summed E-state index contributed by atoms with van der Waals surface area (Å²) in [6, 6.07) is 7.92. The third kappa shape index (κ3) is 3.35. The fraction of sp³-hybridized carbons (Fsp3) is 0.400. The van der Waals surface area contributed by atoms with Gasteiger partial charge >= 0.3 is 0 Å². The molecular formula is C15H19NO. The number of rotatable bonds is 3. The van der Waals surface area contributed by atoms with Gasteiger partial charge in [-0.05, 0) is 32.4 Å². The number of benzene rings is 1. The summed E-state index contributed by atoms with van der Waals surface area (Å²) in [5.74, 6) is 0.791. The lowest BCUT2D eigenvalue weighted by Gasteiger charge is -2.23. The molecule has 0 fully saturated rings. The molecule has 0 spiro atoms. The fourth-order valence-electron chi connectivity index (χ4n) is 1.59. The van der Waals surface area contributed by atoms with E-state index in [2.05, 4.69) is 12.6 Å². The van der Waals surface area contributed by atoms with Crippen molar-refractivity contribution in [3.8, 4) is 11.8 Å². The summed E-state index contributed by atoms with van der Waals surface area (Å²) in [7, 11) is 0. The second-order valence-electron chi connectivity index (χ2n) is 5.07. The average Bonchev–Trinajstić information content (AvgIpc) is 2.25. The summed E-state index contributed by atoms with van der Waals surface area (Å²) in [4.78, 5) is 0. The Morgan fingerprint density at radius 3 is 2.53 bits per heavy atom. The van der Waals surface area contributed by atoms with E-state index in [0.717, 1.165) is 5.56 Å². The third-order valence-corrected chi connectivity index (χ3v) is 2.43. The van der Waals surface area contributed by atoms with Gasteiger partial charge in [-0.15, -0.1) is 6.58 Å². The molecule has 90 valence electrons. The number of allylic oxidation sites excluding steroid dienone is 1. The first kappa shape index (κ1) is 13.3. The third-order valence-electron chi connectivity index (χ3n) is 2.43. The van der Waals surface area contributed by atoms with Gasteiger partial charge in [-0.25, -0.2) is 0 Å². The minimum Gasteiger partial charge on any atom is -0.487 e. The first-order valence-electron chi connectivity index (χ1n) is 5.73. The van der Waals surface area contributed by atoms with Crippen LogP contribution in [0.15, 0.2) is 30.9 Å². The number of nitrogens with zero attached hydrogens (tertiary/aromatic N) is 1. The molecule has 1 atom stereocenters. The summed E-state index contributed by atoms with van der Waals surface area (Å²) in [6.07, 6.45) is 1.83. The Kier molecular flexibility index (Phi) is 3.96. The van der Waals surface area contributed by atoms with Crippen molar-refractivity contribution in [2.24, 2.45) is 0 Å². The normalized spacial score (nSPS) is 12.6. The van der Waals surface area contributed by atoms with Crippen molar-refractivity contribution in [1.29, 1.82) is 5.26 Å². The van der Waals surface area contributed by atoms with Gasteiger partial charge < -0.3 is 4.74 Å². The quantitative estimate of drug-likeness (QED) is 0.733. The summed E-state index contributed by atoms with van der Waals surface area (Å²) in [5.41, 5.74) is 1.26. The van der Waals surface area contributed by atoms with Crippen molar-refractivity contribution in [3.05, 3.63) is 42.0 Å². The Bertz CT molecular complexity index is 449. The summed E-state index contributed by atoms with van der Waals surface area (Å²) in [6.45, 7) is 11.7. The predicted molar refractivity (Wildman–Crippen MR) is 70.2 cm³/mol. The zero-order valence-electron chi connectivity index (χ0n) is 10.9. The highest BCUT2D eigenvalue weighted by Gasteiger charge is 2.18. The first-order chi connectivity index (χ1) is 7.89. The second kappa shape index (κ2) is 5.05. The standard InChI is InChI=1S/C15H19NO/c1-6-11(2)12-8-7-9-14(13(12)10-16)17-15(3,4)5/h6-9,11H,1H2,2-5H3. The highest BCUT2D eigenvalue weighted by Crippen LogP contribution is 2.30. The molecule has 0 N–H and O–H groups in total. The van der Waals surface area contributed by atoms with Crippen LogP contribution in [-0.2, 0) is 0 Å². The van der Waals surface area contributed by atoms with E-state index in [-0.39, 0.29) is 11.5 Å². The summed E-state index contributed by atoms with van der Waals surface area (Å²) >= 11 is 0. The molecule has 2 heteroatoms. The molecule has 0 radical (unpaired) electrons. The van der Waals surface area contributed by atoms with Crippen LogP contribution in [0.25, 0.3) is 0 Å². The highest BCUT2D eigenvalue weighted by atomic mass is 16.5. The SMILES string of the molecule is C=CC(C)c1cccc(OC(C)(C)C)c1C#N. The van der Waals surface area contributed by atoms with Crippen LogP contribution in [0, 0.1) is 11.3 Å². The van der Waals surface area contributed by atoms with Crippen LogP contribution in [0.3, 0.4) is 0 Å². The Morgan fingerprint density at radius 1 is 1.41 bits per heavy atom. The molecule has 1 unspecified atom stereocenters. The van der Waals surface area contributed by atoms with Crippen molar-refractivity contribution >= 4 is 0 Å². The fourth-order valence-corrected chi connectivity index (χ4v) is 1.59. The van der Waals surface area contributed by atoms with Gasteiger partial charge in [0.05, 0.1) is 5.56 Å². The molecular weight excluding hydrogens is 210 g/mol. The van der Waals surface area contributed by atoms with Crippen LogP contribution in [0.2, 0.25) is 0 Å². The molecule has 0 saturated heterocycles. The predicted octanol–water partition coefficient (Wildman–Crippen LogP) is 4.03. The Balaban J connectivity index is 3.25. The largest absolute Gasteiger partial charge is 0.487 e. The van der Waals surface area contributed by atoms with E-state index in [9.17, 15) is 5.26 Å². The van der Waals surface area contributed by atoms with Crippen LogP contribution < -0.4 is 4.74 Å². The van der Waals surface area contributed by atoms with Crippen molar-refractivity contribution in [2.75, 3.05) is 0 Å². The molecule has 0 heterocycles.